The summed E-state index contributed by atoms with van der Waals surface area (Å²) in [7, 11) is 0. The Labute approximate surface area is 116 Å². The fourth-order valence-corrected chi connectivity index (χ4v) is 1.58. The first-order valence-corrected chi connectivity index (χ1v) is 6.10. The molecule has 0 aliphatic heterocycles. The van der Waals surface area contributed by atoms with Crippen LogP contribution >= 0.6 is 0 Å². The van der Waals surface area contributed by atoms with Crippen molar-refractivity contribution in [3.05, 3.63) is 72.6 Å². The van der Waals surface area contributed by atoms with E-state index in [0.29, 0.717) is 18.0 Å². The van der Waals surface area contributed by atoms with Crippen molar-refractivity contribution in [3.63, 3.8) is 0 Å². The van der Waals surface area contributed by atoms with Crippen LogP contribution in [-0.4, -0.2) is 5.91 Å². The van der Waals surface area contributed by atoms with Gasteiger partial charge < -0.3 is 10.1 Å². The van der Waals surface area contributed by atoms with Crippen LogP contribution in [0.25, 0.3) is 0 Å². The number of hydrogen-bond acceptors (Lipinski definition) is 2. The minimum atomic E-state index is -0.300. The number of halogens is 1. The van der Waals surface area contributed by atoms with Crippen molar-refractivity contribution in [1.29, 1.82) is 0 Å². The molecular formula is C16H14FNO2. The van der Waals surface area contributed by atoms with E-state index in [2.05, 4.69) is 11.9 Å². The molecule has 102 valence electrons. The number of carbonyl (C=O) groups excluding carboxylic acids is 1. The highest BCUT2D eigenvalue weighted by atomic mass is 19.1. The van der Waals surface area contributed by atoms with E-state index in [1.165, 1.54) is 18.2 Å². The molecule has 4 heteroatoms. The maximum absolute atomic E-state index is 12.8. The molecule has 0 aliphatic rings. The molecule has 0 aliphatic carbocycles. The number of benzene rings is 2. The van der Waals surface area contributed by atoms with Gasteiger partial charge in [-0.3, -0.25) is 4.79 Å². The average Bonchev–Trinajstić information content (AvgIpc) is 2.48. The number of amides is 1. The van der Waals surface area contributed by atoms with Gasteiger partial charge in [0, 0.05) is 6.54 Å². The second-order valence-electron chi connectivity index (χ2n) is 4.12. The summed E-state index contributed by atoms with van der Waals surface area (Å²) < 4.78 is 18.3. The SMILES string of the molecule is C=CC(=O)NCc1ccc(Oc2ccc(F)cc2)cc1. The van der Waals surface area contributed by atoms with Crippen molar-refractivity contribution >= 4 is 5.91 Å². The zero-order valence-corrected chi connectivity index (χ0v) is 10.8. The number of hydrogen-bond donors (Lipinski definition) is 1. The zero-order valence-electron chi connectivity index (χ0n) is 10.8. The minimum Gasteiger partial charge on any atom is -0.457 e. The summed E-state index contributed by atoms with van der Waals surface area (Å²) in [6.07, 6.45) is 1.23. The molecule has 20 heavy (non-hydrogen) atoms. The van der Waals surface area contributed by atoms with Crippen LogP contribution in [0.1, 0.15) is 5.56 Å². The molecule has 2 aromatic rings. The Bertz CT molecular complexity index is 591. The molecule has 0 aromatic heterocycles. The summed E-state index contributed by atoms with van der Waals surface area (Å²) in [5, 5.41) is 2.68. The van der Waals surface area contributed by atoms with Crippen molar-refractivity contribution in [3.8, 4) is 11.5 Å². The van der Waals surface area contributed by atoms with Gasteiger partial charge in [-0.25, -0.2) is 4.39 Å². The maximum Gasteiger partial charge on any atom is 0.243 e. The standard InChI is InChI=1S/C16H14FNO2/c1-2-16(19)18-11-12-3-7-14(8-4-12)20-15-9-5-13(17)6-10-15/h2-10H,1,11H2,(H,18,19). The normalized spacial score (nSPS) is 9.85. The molecule has 0 bridgehead atoms. The first kappa shape index (κ1) is 13.8. The van der Waals surface area contributed by atoms with Crippen LogP contribution in [0.5, 0.6) is 11.5 Å². The Hall–Kier alpha value is -2.62. The van der Waals surface area contributed by atoms with Crippen LogP contribution in [0, 0.1) is 5.82 Å². The van der Waals surface area contributed by atoms with Gasteiger partial charge in [-0.2, -0.15) is 0 Å². The fourth-order valence-electron chi connectivity index (χ4n) is 1.58. The molecule has 1 amide bonds. The second kappa shape index (κ2) is 6.52. The van der Waals surface area contributed by atoms with E-state index in [1.807, 2.05) is 12.1 Å². The third kappa shape index (κ3) is 3.95. The zero-order chi connectivity index (χ0) is 14.4. The van der Waals surface area contributed by atoms with E-state index in [1.54, 1.807) is 24.3 Å². The molecule has 0 radical (unpaired) electrons. The van der Waals surface area contributed by atoms with Crippen LogP contribution in [0.4, 0.5) is 4.39 Å². The molecule has 1 N–H and O–H groups in total. The summed E-state index contributed by atoms with van der Waals surface area (Å²) >= 11 is 0. The maximum atomic E-state index is 12.8. The summed E-state index contributed by atoms with van der Waals surface area (Å²) in [4.78, 5) is 11.0. The van der Waals surface area contributed by atoms with E-state index in [0.717, 1.165) is 5.56 Å². The minimum absolute atomic E-state index is 0.211. The van der Waals surface area contributed by atoms with Crippen molar-refractivity contribution in [2.24, 2.45) is 0 Å². The lowest BCUT2D eigenvalue weighted by molar-refractivity contribution is -0.116. The molecule has 0 unspecified atom stereocenters. The highest BCUT2D eigenvalue weighted by Crippen LogP contribution is 2.21. The molecule has 2 rings (SSSR count). The van der Waals surface area contributed by atoms with Gasteiger partial charge in [0.2, 0.25) is 5.91 Å². The lowest BCUT2D eigenvalue weighted by Gasteiger charge is -2.07. The number of nitrogens with one attached hydrogen (secondary N) is 1. The summed E-state index contributed by atoms with van der Waals surface area (Å²) in [5.41, 5.74) is 0.951. The quantitative estimate of drug-likeness (QED) is 0.846. The molecular weight excluding hydrogens is 257 g/mol. The first-order valence-electron chi connectivity index (χ1n) is 6.10. The molecule has 0 spiro atoms. The topological polar surface area (TPSA) is 38.3 Å². The third-order valence-electron chi connectivity index (χ3n) is 2.62. The smallest absolute Gasteiger partial charge is 0.243 e. The largest absolute Gasteiger partial charge is 0.457 e. The van der Waals surface area contributed by atoms with Gasteiger partial charge >= 0.3 is 0 Å². The van der Waals surface area contributed by atoms with Crippen LogP contribution in [-0.2, 0) is 11.3 Å². The fraction of sp³-hybridized carbons (Fsp3) is 0.0625. The van der Waals surface area contributed by atoms with Crippen molar-refractivity contribution < 1.29 is 13.9 Å². The van der Waals surface area contributed by atoms with E-state index >= 15 is 0 Å². The third-order valence-corrected chi connectivity index (χ3v) is 2.62. The van der Waals surface area contributed by atoms with Crippen molar-refractivity contribution in [2.45, 2.75) is 6.54 Å². The Kier molecular flexibility index (Phi) is 4.50. The first-order chi connectivity index (χ1) is 9.67. The molecule has 0 saturated carbocycles. The predicted octanol–water partition coefficient (Wildman–Crippen LogP) is 3.42. The Morgan fingerprint density at radius 1 is 1.10 bits per heavy atom. The van der Waals surface area contributed by atoms with Crippen LogP contribution < -0.4 is 10.1 Å². The second-order valence-corrected chi connectivity index (χ2v) is 4.12. The monoisotopic (exact) mass is 271 g/mol. The summed E-state index contributed by atoms with van der Waals surface area (Å²) in [6.45, 7) is 3.81. The van der Waals surface area contributed by atoms with Gasteiger partial charge in [-0.15, -0.1) is 0 Å². The Morgan fingerprint density at radius 3 is 2.20 bits per heavy atom. The van der Waals surface area contributed by atoms with Crippen LogP contribution in [0.2, 0.25) is 0 Å². The van der Waals surface area contributed by atoms with E-state index < -0.39 is 0 Å². The van der Waals surface area contributed by atoms with Gasteiger partial charge in [-0.05, 0) is 48.0 Å². The van der Waals surface area contributed by atoms with Gasteiger partial charge in [0.25, 0.3) is 0 Å². The summed E-state index contributed by atoms with van der Waals surface area (Å²) in [6, 6.07) is 13.1. The molecule has 2 aromatic carbocycles. The van der Waals surface area contributed by atoms with Crippen LogP contribution in [0.3, 0.4) is 0 Å². The number of carbonyl (C=O) groups is 1. The molecule has 0 heterocycles. The lowest BCUT2D eigenvalue weighted by Crippen LogP contribution is -2.19. The Morgan fingerprint density at radius 2 is 1.65 bits per heavy atom. The molecule has 0 saturated heterocycles. The van der Waals surface area contributed by atoms with Crippen molar-refractivity contribution in [2.75, 3.05) is 0 Å². The van der Waals surface area contributed by atoms with Gasteiger partial charge in [0.05, 0.1) is 0 Å². The molecule has 3 nitrogen and oxygen atoms in total. The highest BCUT2D eigenvalue weighted by Gasteiger charge is 2.00. The lowest BCUT2D eigenvalue weighted by atomic mass is 10.2. The highest BCUT2D eigenvalue weighted by molar-refractivity contribution is 5.86. The van der Waals surface area contributed by atoms with Crippen LogP contribution in [0.15, 0.2) is 61.2 Å². The summed E-state index contributed by atoms with van der Waals surface area (Å²) in [5.74, 6) is 0.705. The Balaban J connectivity index is 1.95. The van der Waals surface area contributed by atoms with Gasteiger partial charge in [-0.1, -0.05) is 18.7 Å². The predicted molar refractivity (Wildman–Crippen MR) is 75.0 cm³/mol. The van der Waals surface area contributed by atoms with Crippen molar-refractivity contribution in [1.82, 2.24) is 5.32 Å². The number of rotatable bonds is 5. The van der Waals surface area contributed by atoms with Gasteiger partial charge in [0.1, 0.15) is 17.3 Å². The van der Waals surface area contributed by atoms with E-state index in [4.69, 9.17) is 4.74 Å². The molecule has 0 atom stereocenters. The van der Waals surface area contributed by atoms with E-state index in [-0.39, 0.29) is 11.7 Å². The average molecular weight is 271 g/mol. The van der Waals surface area contributed by atoms with Gasteiger partial charge in [0.15, 0.2) is 0 Å². The molecule has 0 fully saturated rings. The van der Waals surface area contributed by atoms with E-state index in [9.17, 15) is 9.18 Å². The number of ether oxygens (including phenoxy) is 1.